The van der Waals surface area contributed by atoms with Gasteiger partial charge in [0.1, 0.15) is 0 Å². The molecule has 0 aromatic carbocycles. The predicted octanol–water partition coefficient (Wildman–Crippen LogP) is 4.50. The molecule has 0 saturated carbocycles. The van der Waals surface area contributed by atoms with Crippen molar-refractivity contribution < 1.29 is 19.4 Å². The fourth-order valence-corrected chi connectivity index (χ4v) is 3.63. The van der Waals surface area contributed by atoms with Crippen LogP contribution in [0.5, 0.6) is 0 Å². The molecule has 4 nitrogen and oxygen atoms in total. The van der Waals surface area contributed by atoms with E-state index >= 15 is 0 Å². The number of aliphatic carboxylic acids is 1. The molecule has 22 heavy (non-hydrogen) atoms. The van der Waals surface area contributed by atoms with Gasteiger partial charge in [-0.1, -0.05) is 39.0 Å². The van der Waals surface area contributed by atoms with E-state index in [-0.39, 0.29) is 24.2 Å². The number of carbonyl (C=O) groups excluding carboxylic acids is 1. The summed E-state index contributed by atoms with van der Waals surface area (Å²) in [4.78, 5) is 22.5. The molecule has 2 atom stereocenters. The molecule has 0 radical (unpaired) electrons. The van der Waals surface area contributed by atoms with Gasteiger partial charge >= 0.3 is 5.97 Å². The first-order chi connectivity index (χ1) is 10.6. The monoisotopic (exact) mass is 422 g/mol. The maximum atomic E-state index is 12.0. The largest absolute Gasteiger partial charge is 0.481 e. The first-order valence-corrected chi connectivity index (χ1v) is 9.38. The van der Waals surface area contributed by atoms with E-state index in [4.69, 9.17) is 9.84 Å². The van der Waals surface area contributed by atoms with E-state index in [2.05, 4.69) is 29.5 Å². The number of rotatable bonds is 12. The summed E-state index contributed by atoms with van der Waals surface area (Å²) in [5.74, 6) is -0.550. The van der Waals surface area contributed by atoms with Crippen LogP contribution in [-0.4, -0.2) is 29.6 Å². The number of carboxylic acid groups (broad SMARTS) is 1. The number of hydrogen-bond donors (Lipinski definition) is 1. The van der Waals surface area contributed by atoms with E-state index in [1.165, 1.54) is 19.3 Å². The first-order valence-electron chi connectivity index (χ1n) is 8.30. The van der Waals surface area contributed by atoms with Gasteiger partial charge < -0.3 is 9.84 Å². The van der Waals surface area contributed by atoms with Crippen LogP contribution >= 0.6 is 22.6 Å². The van der Waals surface area contributed by atoms with Crippen molar-refractivity contribution in [3.05, 3.63) is 9.66 Å². The molecule has 0 unspecified atom stereocenters. The smallest absolute Gasteiger partial charge is 0.303 e. The molecule has 0 aromatic rings. The van der Waals surface area contributed by atoms with Crippen LogP contribution in [-0.2, 0) is 14.3 Å². The van der Waals surface area contributed by atoms with Crippen LogP contribution in [0.15, 0.2) is 9.66 Å². The maximum absolute atomic E-state index is 12.0. The number of ether oxygens (including phenoxy) is 1. The molecule has 1 aliphatic rings. The highest BCUT2D eigenvalue weighted by Gasteiger charge is 2.35. The average molecular weight is 422 g/mol. The fraction of sp³-hybridized carbons (Fsp3) is 0.765. The Balaban J connectivity index is 2.27. The minimum absolute atomic E-state index is 0.0113. The lowest BCUT2D eigenvalue weighted by Crippen LogP contribution is -2.25. The number of carboxylic acids is 1. The van der Waals surface area contributed by atoms with Crippen molar-refractivity contribution in [1.29, 1.82) is 0 Å². The van der Waals surface area contributed by atoms with Crippen molar-refractivity contribution >= 4 is 34.3 Å². The molecule has 1 aliphatic carbocycles. The van der Waals surface area contributed by atoms with Crippen LogP contribution < -0.4 is 0 Å². The van der Waals surface area contributed by atoms with Crippen molar-refractivity contribution in [1.82, 2.24) is 0 Å². The Morgan fingerprint density at radius 2 is 1.95 bits per heavy atom. The number of hydrogen-bond acceptors (Lipinski definition) is 3. The normalized spacial score (nSPS) is 21.2. The highest BCUT2D eigenvalue weighted by atomic mass is 127. The molecule has 0 amide bonds. The minimum Gasteiger partial charge on any atom is -0.481 e. The fourth-order valence-electron chi connectivity index (χ4n) is 2.71. The Labute approximate surface area is 146 Å². The average Bonchev–Trinajstić information content (AvgIpc) is 2.73. The zero-order valence-electron chi connectivity index (χ0n) is 13.4. The second kappa shape index (κ2) is 11.2. The summed E-state index contributed by atoms with van der Waals surface area (Å²) in [6.07, 6.45) is 9.86. The Morgan fingerprint density at radius 3 is 2.64 bits per heavy atom. The number of halogens is 1. The third-order valence-electron chi connectivity index (χ3n) is 3.98. The van der Waals surface area contributed by atoms with Crippen LogP contribution in [0.4, 0.5) is 0 Å². The Hall–Kier alpha value is -0.430. The summed E-state index contributed by atoms with van der Waals surface area (Å²) in [5, 5.41) is 8.58. The standard InChI is InChI=1S/C17H27IO4/c1-2-3-4-6-9-13-15(19)12-14(18)17(13)22-11-8-5-7-10-16(20)21/h12-13,17H,2-11H2,1H3,(H,20,21)/t13-,17-/m0/s1. The molecule has 5 heteroatoms. The summed E-state index contributed by atoms with van der Waals surface area (Å²) in [7, 11) is 0. The molecule has 0 fully saturated rings. The summed E-state index contributed by atoms with van der Waals surface area (Å²) in [6, 6.07) is 0. The van der Waals surface area contributed by atoms with Gasteiger partial charge in [-0.2, -0.15) is 0 Å². The minimum atomic E-state index is -0.744. The second-order valence-corrected chi connectivity index (χ2v) is 7.13. The number of carbonyl (C=O) groups is 2. The summed E-state index contributed by atoms with van der Waals surface area (Å²) in [6.45, 7) is 2.78. The quantitative estimate of drug-likeness (QED) is 0.372. The molecule has 0 heterocycles. The van der Waals surface area contributed by atoms with Crippen molar-refractivity contribution in [3.63, 3.8) is 0 Å². The molecule has 126 valence electrons. The number of allylic oxidation sites excluding steroid dienone is 1. The van der Waals surface area contributed by atoms with E-state index in [0.29, 0.717) is 13.0 Å². The van der Waals surface area contributed by atoms with Gasteiger partial charge in [0.05, 0.1) is 12.0 Å². The van der Waals surface area contributed by atoms with Crippen LogP contribution in [0, 0.1) is 5.92 Å². The lowest BCUT2D eigenvalue weighted by molar-refractivity contribution is -0.137. The van der Waals surface area contributed by atoms with E-state index in [1.807, 2.05) is 0 Å². The first kappa shape index (κ1) is 19.6. The summed E-state index contributed by atoms with van der Waals surface area (Å²) < 4.78 is 6.93. The van der Waals surface area contributed by atoms with Gasteiger partial charge in [-0.25, -0.2) is 0 Å². The van der Waals surface area contributed by atoms with Gasteiger partial charge in [0, 0.05) is 16.6 Å². The molecular weight excluding hydrogens is 395 g/mol. The van der Waals surface area contributed by atoms with Crippen molar-refractivity contribution in [2.24, 2.45) is 5.92 Å². The highest BCUT2D eigenvalue weighted by molar-refractivity contribution is 14.1. The highest BCUT2D eigenvalue weighted by Crippen LogP contribution is 2.33. The van der Waals surface area contributed by atoms with E-state index in [9.17, 15) is 9.59 Å². The predicted molar refractivity (Wildman–Crippen MR) is 95.2 cm³/mol. The second-order valence-electron chi connectivity index (χ2n) is 5.88. The third-order valence-corrected chi connectivity index (χ3v) is 4.91. The van der Waals surface area contributed by atoms with Crippen LogP contribution in [0.1, 0.15) is 64.7 Å². The molecule has 0 aromatic heterocycles. The van der Waals surface area contributed by atoms with E-state index < -0.39 is 5.97 Å². The summed E-state index contributed by atoms with van der Waals surface area (Å²) >= 11 is 2.21. The van der Waals surface area contributed by atoms with Gasteiger partial charge in [-0.15, -0.1) is 0 Å². The lowest BCUT2D eigenvalue weighted by atomic mass is 9.96. The van der Waals surface area contributed by atoms with Crippen LogP contribution in [0.3, 0.4) is 0 Å². The maximum Gasteiger partial charge on any atom is 0.303 e. The molecule has 1 N–H and O–H groups in total. The zero-order chi connectivity index (χ0) is 16.4. The Kier molecular flexibility index (Phi) is 9.95. The Morgan fingerprint density at radius 1 is 1.23 bits per heavy atom. The SMILES string of the molecule is CCCCCC[C@H]1C(=O)C=C(I)[C@H]1OCCCCCC(=O)O. The molecule has 0 aliphatic heterocycles. The molecule has 0 saturated heterocycles. The van der Waals surface area contributed by atoms with Crippen LogP contribution in [0.25, 0.3) is 0 Å². The molecule has 0 spiro atoms. The van der Waals surface area contributed by atoms with E-state index in [0.717, 1.165) is 29.3 Å². The lowest BCUT2D eigenvalue weighted by Gasteiger charge is -2.20. The van der Waals surface area contributed by atoms with Crippen molar-refractivity contribution in [2.75, 3.05) is 6.61 Å². The van der Waals surface area contributed by atoms with Gasteiger partial charge in [-0.05, 0) is 47.9 Å². The summed E-state index contributed by atoms with van der Waals surface area (Å²) in [5.41, 5.74) is 0. The topological polar surface area (TPSA) is 63.6 Å². The van der Waals surface area contributed by atoms with Gasteiger partial charge in [0.25, 0.3) is 0 Å². The van der Waals surface area contributed by atoms with Gasteiger partial charge in [0.15, 0.2) is 5.78 Å². The van der Waals surface area contributed by atoms with Crippen molar-refractivity contribution in [3.8, 4) is 0 Å². The number of ketones is 1. The van der Waals surface area contributed by atoms with Crippen molar-refractivity contribution in [2.45, 2.75) is 70.8 Å². The van der Waals surface area contributed by atoms with E-state index in [1.54, 1.807) is 6.08 Å². The van der Waals surface area contributed by atoms with Gasteiger partial charge in [0.2, 0.25) is 0 Å². The third kappa shape index (κ3) is 7.22. The Bertz CT molecular complexity index is 392. The van der Waals surface area contributed by atoms with Crippen LogP contribution in [0.2, 0.25) is 0 Å². The van der Waals surface area contributed by atoms with Gasteiger partial charge in [-0.3, -0.25) is 9.59 Å². The molecular formula is C17H27IO4. The zero-order valence-corrected chi connectivity index (χ0v) is 15.5. The number of unbranched alkanes of at least 4 members (excludes halogenated alkanes) is 5. The molecule has 0 bridgehead atoms. The molecule has 1 rings (SSSR count).